The average molecular weight is 363 g/mol. The summed E-state index contributed by atoms with van der Waals surface area (Å²) in [6.07, 6.45) is 3.58. The number of rotatable bonds is 5. The predicted octanol–water partition coefficient (Wildman–Crippen LogP) is 2.65. The van der Waals surface area contributed by atoms with Crippen LogP contribution in [0.1, 0.15) is 28.8 Å². The highest BCUT2D eigenvalue weighted by atomic mass is 16.5. The minimum absolute atomic E-state index is 0.0447. The molecule has 3 heterocycles. The van der Waals surface area contributed by atoms with E-state index < -0.39 is 0 Å². The van der Waals surface area contributed by atoms with E-state index in [1.165, 1.54) is 0 Å². The summed E-state index contributed by atoms with van der Waals surface area (Å²) in [5, 5.41) is 9.01. The van der Waals surface area contributed by atoms with Crippen LogP contribution in [0.15, 0.2) is 48.7 Å². The van der Waals surface area contributed by atoms with Crippen molar-refractivity contribution >= 4 is 5.91 Å². The van der Waals surface area contributed by atoms with Gasteiger partial charge in [-0.3, -0.25) is 4.79 Å². The maximum absolute atomic E-state index is 12.7. The first-order valence-electron chi connectivity index (χ1n) is 9.17. The molecule has 0 aliphatic carbocycles. The molecule has 2 aliphatic rings. The first-order chi connectivity index (χ1) is 13.2. The second-order valence-corrected chi connectivity index (χ2v) is 7.06. The molecule has 1 unspecified atom stereocenters. The zero-order chi connectivity index (χ0) is 18.7. The molecule has 1 aromatic carbocycles. The zero-order valence-electron chi connectivity index (χ0n) is 15.0. The third kappa shape index (κ3) is 3.51. The number of nitrogens with zero attached hydrogens (tertiary/aromatic N) is 3. The van der Waals surface area contributed by atoms with E-state index in [-0.39, 0.29) is 11.5 Å². The fourth-order valence-corrected chi connectivity index (χ4v) is 3.93. The van der Waals surface area contributed by atoms with Crippen LogP contribution in [0.2, 0.25) is 0 Å². The molecule has 1 amide bonds. The van der Waals surface area contributed by atoms with Crippen molar-refractivity contribution in [1.29, 1.82) is 5.26 Å². The number of likely N-dealkylation sites (tertiary alicyclic amines) is 1. The van der Waals surface area contributed by atoms with E-state index in [0.717, 1.165) is 19.4 Å². The summed E-state index contributed by atoms with van der Waals surface area (Å²) in [4.78, 5) is 18.6. The van der Waals surface area contributed by atoms with Crippen molar-refractivity contribution in [2.24, 2.45) is 5.92 Å². The molecule has 2 saturated heterocycles. The topological polar surface area (TPSA) is 75.5 Å². The maximum Gasteiger partial charge on any atom is 0.254 e. The number of nitriles is 1. The molecule has 27 heavy (non-hydrogen) atoms. The lowest BCUT2D eigenvalue weighted by Crippen LogP contribution is -2.66. The molecule has 2 aromatic rings. The Balaban J connectivity index is 1.33. The summed E-state index contributed by atoms with van der Waals surface area (Å²) < 4.78 is 11.8. The van der Waals surface area contributed by atoms with Crippen LogP contribution in [-0.2, 0) is 4.74 Å². The zero-order valence-corrected chi connectivity index (χ0v) is 15.0. The van der Waals surface area contributed by atoms with Crippen molar-refractivity contribution in [3.8, 4) is 11.9 Å². The number of hydrogen-bond acceptors (Lipinski definition) is 5. The molecule has 138 valence electrons. The minimum Gasteiger partial charge on any atom is -0.478 e. The lowest BCUT2D eigenvalue weighted by molar-refractivity contribution is -0.119. The Hall–Kier alpha value is -2.91. The molecule has 0 radical (unpaired) electrons. The molecule has 2 fully saturated rings. The monoisotopic (exact) mass is 363 g/mol. The molecule has 4 rings (SSSR count). The van der Waals surface area contributed by atoms with Crippen molar-refractivity contribution in [3.05, 3.63) is 59.8 Å². The molecule has 2 aliphatic heterocycles. The Morgan fingerprint density at radius 1 is 1.33 bits per heavy atom. The average Bonchev–Trinajstić information content (AvgIpc) is 3.11. The van der Waals surface area contributed by atoms with Crippen molar-refractivity contribution in [2.75, 3.05) is 26.3 Å². The summed E-state index contributed by atoms with van der Waals surface area (Å²) in [6, 6.07) is 14.5. The maximum atomic E-state index is 12.7. The lowest BCUT2D eigenvalue weighted by atomic mass is 9.79. The van der Waals surface area contributed by atoms with Gasteiger partial charge in [-0.2, -0.15) is 5.26 Å². The number of ether oxygens (including phenoxy) is 2. The van der Waals surface area contributed by atoms with Crippen LogP contribution in [0, 0.1) is 17.2 Å². The third-order valence-electron chi connectivity index (χ3n) is 5.40. The molecular formula is C21H21N3O3. The van der Waals surface area contributed by atoms with E-state index in [9.17, 15) is 4.79 Å². The summed E-state index contributed by atoms with van der Waals surface area (Å²) in [5.41, 5.74) is 0.797. The van der Waals surface area contributed by atoms with Crippen LogP contribution in [0.5, 0.6) is 5.88 Å². The highest BCUT2D eigenvalue weighted by molar-refractivity contribution is 5.95. The molecule has 1 spiro atoms. The predicted molar refractivity (Wildman–Crippen MR) is 98.2 cm³/mol. The first-order valence-corrected chi connectivity index (χ1v) is 9.17. The van der Waals surface area contributed by atoms with Crippen LogP contribution in [0.4, 0.5) is 0 Å². The minimum atomic E-state index is -0.254. The Morgan fingerprint density at radius 2 is 2.22 bits per heavy atom. The normalized spacial score (nSPS) is 20.1. The van der Waals surface area contributed by atoms with E-state index >= 15 is 0 Å². The van der Waals surface area contributed by atoms with E-state index in [4.69, 9.17) is 14.7 Å². The van der Waals surface area contributed by atoms with E-state index in [2.05, 4.69) is 11.1 Å². The molecule has 0 saturated carbocycles. The molecule has 0 bridgehead atoms. The fourth-order valence-electron chi connectivity index (χ4n) is 3.93. The Bertz CT molecular complexity index is 856. The van der Waals surface area contributed by atoms with Gasteiger partial charge in [0.1, 0.15) is 5.60 Å². The number of pyridine rings is 1. The lowest BCUT2D eigenvalue weighted by Gasteiger charge is -2.50. The highest BCUT2D eigenvalue weighted by Gasteiger charge is 2.54. The third-order valence-corrected chi connectivity index (χ3v) is 5.40. The van der Waals surface area contributed by atoms with Crippen LogP contribution >= 0.6 is 0 Å². The molecule has 0 N–H and O–H groups in total. The molecule has 6 nitrogen and oxygen atoms in total. The van der Waals surface area contributed by atoms with E-state index in [1.54, 1.807) is 35.4 Å². The smallest absolute Gasteiger partial charge is 0.254 e. The van der Waals surface area contributed by atoms with E-state index in [0.29, 0.717) is 42.6 Å². The highest BCUT2D eigenvalue weighted by Crippen LogP contribution is 2.42. The Morgan fingerprint density at radius 3 is 3.00 bits per heavy atom. The van der Waals surface area contributed by atoms with Crippen molar-refractivity contribution in [3.63, 3.8) is 0 Å². The summed E-state index contributed by atoms with van der Waals surface area (Å²) in [7, 11) is 0. The van der Waals surface area contributed by atoms with Gasteiger partial charge in [0.05, 0.1) is 31.3 Å². The number of carbonyl (C=O) groups excluding carboxylic acids is 1. The largest absolute Gasteiger partial charge is 0.478 e. The second kappa shape index (κ2) is 7.37. The van der Waals surface area contributed by atoms with Gasteiger partial charge >= 0.3 is 0 Å². The van der Waals surface area contributed by atoms with Crippen LogP contribution in [0.25, 0.3) is 0 Å². The van der Waals surface area contributed by atoms with Crippen molar-refractivity contribution < 1.29 is 14.3 Å². The number of carbonyl (C=O) groups is 1. The Labute approximate surface area is 158 Å². The van der Waals surface area contributed by atoms with Gasteiger partial charge in [-0.05, 0) is 43.0 Å². The van der Waals surface area contributed by atoms with Gasteiger partial charge in [0.2, 0.25) is 5.88 Å². The summed E-state index contributed by atoms with van der Waals surface area (Å²) >= 11 is 0. The summed E-state index contributed by atoms with van der Waals surface area (Å²) in [5.74, 6) is 0.959. The number of amides is 1. The summed E-state index contributed by atoms with van der Waals surface area (Å²) in [6.45, 7) is 2.50. The van der Waals surface area contributed by atoms with Gasteiger partial charge < -0.3 is 14.4 Å². The van der Waals surface area contributed by atoms with Crippen LogP contribution < -0.4 is 4.74 Å². The van der Waals surface area contributed by atoms with Gasteiger partial charge in [-0.15, -0.1) is 0 Å². The van der Waals surface area contributed by atoms with Gasteiger partial charge in [0.15, 0.2) is 0 Å². The number of benzene rings is 1. The van der Waals surface area contributed by atoms with Crippen LogP contribution in [0.3, 0.4) is 0 Å². The second-order valence-electron chi connectivity index (χ2n) is 7.06. The van der Waals surface area contributed by atoms with Crippen molar-refractivity contribution in [2.45, 2.75) is 18.4 Å². The number of hydrogen-bond donors (Lipinski definition) is 0. The number of aromatic nitrogens is 1. The van der Waals surface area contributed by atoms with Gasteiger partial charge in [0, 0.05) is 24.4 Å². The SMILES string of the molecule is N#Cc1cccc(C(=O)N2CC3(C2)OCCC3CCOc2ccccn2)c1. The van der Waals surface area contributed by atoms with Gasteiger partial charge in [0.25, 0.3) is 5.91 Å². The molecule has 1 aromatic heterocycles. The van der Waals surface area contributed by atoms with Gasteiger partial charge in [-0.25, -0.2) is 4.98 Å². The molecule has 1 atom stereocenters. The van der Waals surface area contributed by atoms with Gasteiger partial charge in [-0.1, -0.05) is 12.1 Å². The quantitative estimate of drug-likeness (QED) is 0.816. The van der Waals surface area contributed by atoms with Crippen molar-refractivity contribution in [1.82, 2.24) is 9.88 Å². The molecular weight excluding hydrogens is 342 g/mol. The van der Waals surface area contributed by atoms with Crippen LogP contribution in [-0.4, -0.2) is 47.7 Å². The Kier molecular flexibility index (Phi) is 4.78. The van der Waals surface area contributed by atoms with E-state index in [1.807, 2.05) is 18.2 Å². The fraction of sp³-hybridized carbons (Fsp3) is 0.381. The molecule has 6 heteroatoms. The first kappa shape index (κ1) is 17.5. The standard InChI is InChI=1S/C21H21N3O3/c22-13-16-4-3-5-17(12-16)20(25)24-14-21(15-24)18(8-11-27-21)7-10-26-19-6-1-2-9-23-19/h1-6,9,12,18H,7-8,10-11,14-15H2.